The fourth-order valence-corrected chi connectivity index (χ4v) is 0.602. The quantitative estimate of drug-likeness (QED) is 0.425. The fraction of sp³-hybridized carbons (Fsp3) is 0.375. The molecule has 0 atom stereocenters. The van der Waals surface area contributed by atoms with Crippen molar-refractivity contribution in [3.05, 3.63) is 24.8 Å². The lowest BCUT2D eigenvalue weighted by atomic mass is 10.3. The molecule has 1 amide bonds. The van der Waals surface area contributed by atoms with E-state index in [9.17, 15) is 4.79 Å². The van der Waals surface area contributed by atoms with Gasteiger partial charge >= 0.3 is 0 Å². The molecule has 0 bridgehead atoms. The van der Waals surface area contributed by atoms with Gasteiger partial charge in [0.25, 0.3) is 0 Å². The molecule has 2 heteroatoms. The Bertz CT molecular complexity index is 161. The van der Waals surface area contributed by atoms with Crippen LogP contribution in [-0.4, -0.2) is 24.4 Å². The van der Waals surface area contributed by atoms with Gasteiger partial charge in [0.05, 0.1) is 0 Å². The third-order valence-electron chi connectivity index (χ3n) is 1.11. The molecule has 56 valence electrons. The molecular formula is C8H13NO. The van der Waals surface area contributed by atoms with Gasteiger partial charge in [0.2, 0.25) is 5.91 Å². The highest BCUT2D eigenvalue weighted by molar-refractivity contribution is 5.92. The normalized spacial score (nSPS) is 8.60. The molecule has 0 rings (SSSR count). The predicted molar refractivity (Wildman–Crippen MR) is 42.6 cm³/mol. The van der Waals surface area contributed by atoms with Crippen LogP contribution in [0.5, 0.6) is 0 Å². The first-order valence-electron chi connectivity index (χ1n) is 3.11. The van der Waals surface area contributed by atoms with E-state index in [0.29, 0.717) is 12.1 Å². The molecule has 0 aliphatic carbocycles. The Balaban J connectivity index is 3.94. The van der Waals surface area contributed by atoms with E-state index in [-0.39, 0.29) is 5.91 Å². The number of likely N-dealkylation sites (N-methyl/N-ethyl adjacent to an activating group) is 1. The molecule has 0 aliphatic heterocycles. The molecule has 2 nitrogen and oxygen atoms in total. The highest BCUT2D eigenvalue weighted by Gasteiger charge is 2.05. The molecule has 0 aromatic carbocycles. The van der Waals surface area contributed by atoms with Crippen LogP contribution in [0, 0.1) is 0 Å². The van der Waals surface area contributed by atoms with E-state index < -0.39 is 0 Å². The lowest BCUT2D eigenvalue weighted by molar-refractivity contribution is -0.125. The van der Waals surface area contributed by atoms with Crippen LogP contribution in [0.3, 0.4) is 0 Å². The van der Waals surface area contributed by atoms with Crippen LogP contribution in [0.15, 0.2) is 24.8 Å². The summed E-state index contributed by atoms with van der Waals surface area (Å²) in [6.45, 7) is 9.32. The number of rotatable bonds is 3. The zero-order chi connectivity index (χ0) is 8.15. The Kier molecular flexibility index (Phi) is 3.47. The zero-order valence-corrected chi connectivity index (χ0v) is 6.55. The van der Waals surface area contributed by atoms with E-state index in [1.165, 1.54) is 0 Å². The Labute approximate surface area is 61.8 Å². The molecule has 0 aromatic rings. The maximum atomic E-state index is 11.0. The van der Waals surface area contributed by atoms with Gasteiger partial charge in [-0.15, -0.1) is 6.58 Å². The van der Waals surface area contributed by atoms with Gasteiger partial charge in [-0.05, 0) is 6.92 Å². The smallest absolute Gasteiger partial charge is 0.248 e. The topological polar surface area (TPSA) is 20.3 Å². The molecule has 0 aromatic heterocycles. The molecule has 0 fully saturated rings. The largest absolute Gasteiger partial charge is 0.338 e. The summed E-state index contributed by atoms with van der Waals surface area (Å²) in [7, 11) is 1.72. The van der Waals surface area contributed by atoms with Crippen LogP contribution < -0.4 is 0 Å². The second-order valence-electron chi connectivity index (χ2n) is 2.25. The van der Waals surface area contributed by atoms with Crippen molar-refractivity contribution in [2.75, 3.05) is 13.6 Å². The van der Waals surface area contributed by atoms with Gasteiger partial charge in [0, 0.05) is 19.2 Å². The predicted octanol–water partition coefficient (Wildman–Crippen LogP) is 1.21. The van der Waals surface area contributed by atoms with Crippen LogP contribution >= 0.6 is 0 Å². The number of carbonyl (C=O) groups is 1. The first-order chi connectivity index (χ1) is 4.59. The average Bonchev–Trinajstić information content (AvgIpc) is 1.87. The monoisotopic (exact) mass is 139 g/mol. The minimum Gasteiger partial charge on any atom is -0.338 e. The van der Waals surface area contributed by atoms with E-state index in [2.05, 4.69) is 13.2 Å². The number of nitrogens with zero attached hydrogens (tertiary/aromatic N) is 1. The second kappa shape index (κ2) is 3.88. The molecule has 0 saturated heterocycles. The van der Waals surface area contributed by atoms with Crippen LogP contribution in [0.2, 0.25) is 0 Å². The molecule has 0 aliphatic rings. The Morgan fingerprint density at radius 3 is 2.50 bits per heavy atom. The molecule has 0 heterocycles. The Morgan fingerprint density at radius 2 is 2.20 bits per heavy atom. The maximum absolute atomic E-state index is 11.0. The maximum Gasteiger partial charge on any atom is 0.248 e. The first-order valence-corrected chi connectivity index (χ1v) is 3.11. The lowest BCUT2D eigenvalue weighted by Crippen LogP contribution is -2.26. The molecule has 0 radical (unpaired) electrons. The van der Waals surface area contributed by atoms with Crippen molar-refractivity contribution < 1.29 is 4.79 Å². The average molecular weight is 139 g/mol. The van der Waals surface area contributed by atoms with Crippen molar-refractivity contribution >= 4 is 5.91 Å². The molecule has 0 saturated carbocycles. The van der Waals surface area contributed by atoms with Gasteiger partial charge in [-0.1, -0.05) is 12.7 Å². The van der Waals surface area contributed by atoms with Gasteiger partial charge in [-0.25, -0.2) is 0 Å². The zero-order valence-electron chi connectivity index (χ0n) is 6.55. The summed E-state index contributed by atoms with van der Waals surface area (Å²) in [6.07, 6.45) is 1.68. The van der Waals surface area contributed by atoms with Crippen LogP contribution in [-0.2, 0) is 4.79 Å². The highest BCUT2D eigenvalue weighted by Crippen LogP contribution is 1.94. The number of carbonyl (C=O) groups excluding carboxylic acids is 1. The van der Waals surface area contributed by atoms with Gasteiger partial charge in [0.15, 0.2) is 0 Å². The number of hydrogen-bond acceptors (Lipinski definition) is 1. The van der Waals surface area contributed by atoms with Crippen molar-refractivity contribution in [1.29, 1.82) is 0 Å². The van der Waals surface area contributed by atoms with Gasteiger partial charge in [-0.2, -0.15) is 0 Å². The van der Waals surface area contributed by atoms with Gasteiger partial charge < -0.3 is 4.90 Å². The van der Waals surface area contributed by atoms with Crippen molar-refractivity contribution in [2.24, 2.45) is 0 Å². The molecule has 0 N–H and O–H groups in total. The standard InChI is InChI=1S/C8H13NO/c1-5-6-9(4)8(10)7(2)3/h5H,1-2,6H2,3-4H3. The molecule has 0 unspecified atom stereocenters. The summed E-state index contributed by atoms with van der Waals surface area (Å²) in [4.78, 5) is 12.6. The fourth-order valence-electron chi connectivity index (χ4n) is 0.602. The van der Waals surface area contributed by atoms with Gasteiger partial charge in [-0.3, -0.25) is 4.79 Å². The van der Waals surface area contributed by atoms with Crippen molar-refractivity contribution in [3.63, 3.8) is 0 Å². The van der Waals surface area contributed by atoms with Crippen molar-refractivity contribution in [2.45, 2.75) is 6.92 Å². The summed E-state index contributed by atoms with van der Waals surface area (Å²) in [5.41, 5.74) is 0.560. The molecule has 0 spiro atoms. The van der Waals surface area contributed by atoms with Crippen LogP contribution in [0.25, 0.3) is 0 Å². The molecular weight excluding hydrogens is 126 g/mol. The SMILES string of the molecule is C=CCN(C)C(=O)C(=C)C. The summed E-state index contributed by atoms with van der Waals surface area (Å²) >= 11 is 0. The summed E-state index contributed by atoms with van der Waals surface area (Å²) < 4.78 is 0. The van der Waals surface area contributed by atoms with E-state index in [1.54, 1.807) is 24.9 Å². The van der Waals surface area contributed by atoms with Gasteiger partial charge in [0.1, 0.15) is 0 Å². The third kappa shape index (κ3) is 2.49. The Morgan fingerprint density at radius 1 is 1.70 bits per heavy atom. The van der Waals surface area contributed by atoms with Crippen LogP contribution in [0.4, 0.5) is 0 Å². The minimum atomic E-state index is -0.0279. The van der Waals surface area contributed by atoms with E-state index in [1.807, 2.05) is 0 Å². The third-order valence-corrected chi connectivity index (χ3v) is 1.11. The second-order valence-corrected chi connectivity index (χ2v) is 2.25. The summed E-state index contributed by atoms with van der Waals surface area (Å²) in [5, 5.41) is 0. The number of hydrogen-bond donors (Lipinski definition) is 0. The summed E-state index contributed by atoms with van der Waals surface area (Å²) in [5.74, 6) is -0.0279. The Hall–Kier alpha value is -1.05. The highest BCUT2D eigenvalue weighted by atomic mass is 16.2. The lowest BCUT2D eigenvalue weighted by Gasteiger charge is -2.13. The van der Waals surface area contributed by atoms with E-state index >= 15 is 0 Å². The minimum absolute atomic E-state index is 0.0279. The first kappa shape index (κ1) is 8.95. The summed E-state index contributed by atoms with van der Waals surface area (Å²) in [6, 6.07) is 0. The molecule has 10 heavy (non-hydrogen) atoms. The van der Waals surface area contributed by atoms with E-state index in [0.717, 1.165) is 0 Å². The van der Waals surface area contributed by atoms with Crippen molar-refractivity contribution in [3.8, 4) is 0 Å². The van der Waals surface area contributed by atoms with E-state index in [4.69, 9.17) is 0 Å². The van der Waals surface area contributed by atoms with Crippen LogP contribution in [0.1, 0.15) is 6.92 Å². The number of amides is 1. The van der Waals surface area contributed by atoms with Crippen molar-refractivity contribution in [1.82, 2.24) is 4.90 Å².